The Labute approximate surface area is 74.3 Å². The molecule has 0 aromatic carbocycles. The third-order valence-corrected chi connectivity index (χ3v) is 0. The Morgan fingerprint density at radius 1 is 0.923 bits per heavy atom. The van der Waals surface area contributed by atoms with Crippen LogP contribution in [0.25, 0.3) is 0 Å². The predicted octanol–water partition coefficient (Wildman–Crippen LogP) is -1.84. The highest BCUT2D eigenvalue weighted by Crippen LogP contribution is 1.59. The standard InChI is InChI=1S/H3NO2.2H2O4S/c1-3-2;2*1-5(2,3)4/h2H,1H2;2*(H2,1,2,3,4)/p+1. The summed E-state index contributed by atoms with van der Waals surface area (Å²) in [6.45, 7) is 0. The van der Waals surface area contributed by atoms with Gasteiger partial charge in [-0.05, 0) is 0 Å². The molecule has 0 rings (SSSR count). The molecule has 13 heteroatoms. The molecule has 11 nitrogen and oxygen atoms in total. The predicted molar refractivity (Wildman–Crippen MR) is 37.4 cm³/mol. The molecule has 0 bridgehead atoms. The summed E-state index contributed by atoms with van der Waals surface area (Å²) in [5.41, 5.74) is 0. The molecule has 0 heterocycles. The molecule has 0 amide bonds. The van der Waals surface area contributed by atoms with Crippen molar-refractivity contribution in [3.05, 3.63) is 0 Å². The van der Waals surface area contributed by atoms with Crippen LogP contribution in [0.4, 0.5) is 0 Å². The summed E-state index contributed by atoms with van der Waals surface area (Å²) >= 11 is 0. The van der Waals surface area contributed by atoms with Gasteiger partial charge < -0.3 is 0 Å². The molecule has 0 aromatic heterocycles. The van der Waals surface area contributed by atoms with Gasteiger partial charge in [0.2, 0.25) is 0 Å². The Balaban J connectivity index is -0.0000000535. The van der Waals surface area contributed by atoms with Gasteiger partial charge in [-0.2, -0.15) is 22.7 Å². The van der Waals surface area contributed by atoms with E-state index in [1.54, 1.807) is 0 Å². The monoisotopic (exact) mass is 246 g/mol. The number of hydrogen-bond acceptors (Lipinski definition) is 7. The van der Waals surface area contributed by atoms with Crippen molar-refractivity contribution < 1.29 is 46.7 Å². The van der Waals surface area contributed by atoms with Crippen LogP contribution in [0.1, 0.15) is 1.43 Å². The van der Waals surface area contributed by atoms with Crippen molar-refractivity contribution in [2.24, 2.45) is 5.90 Å². The Hall–Kier alpha value is -0.380. The Morgan fingerprint density at radius 2 is 0.923 bits per heavy atom. The minimum absolute atomic E-state index is 0. The SMILES string of the molecule is NOO.O=S(=O)(O)O.O=S(=O)(O)O.[H+]. The maximum atomic E-state index is 8.74. The zero-order valence-corrected chi connectivity index (χ0v) is 7.30. The third-order valence-electron chi connectivity index (χ3n) is 0. The molecule has 0 aliphatic heterocycles. The fourth-order valence-corrected chi connectivity index (χ4v) is 0. The van der Waals surface area contributed by atoms with Crippen molar-refractivity contribution in [1.29, 1.82) is 0 Å². The van der Waals surface area contributed by atoms with Crippen LogP contribution in [0.2, 0.25) is 0 Å². The first kappa shape index (κ1) is 18.4. The van der Waals surface area contributed by atoms with Gasteiger partial charge in [-0.1, -0.05) is 0 Å². The van der Waals surface area contributed by atoms with Gasteiger partial charge in [0.05, 0.1) is 0 Å². The van der Waals surface area contributed by atoms with E-state index >= 15 is 0 Å². The number of hydrogen-bond donors (Lipinski definition) is 6. The fraction of sp³-hybridized carbons (Fsp3) is 0. The summed E-state index contributed by atoms with van der Waals surface area (Å²) in [4.78, 5) is 2.75. The van der Waals surface area contributed by atoms with Crippen LogP contribution in [0.3, 0.4) is 0 Å². The summed E-state index contributed by atoms with van der Waals surface area (Å²) in [7, 11) is -9.33. The van der Waals surface area contributed by atoms with Crippen LogP contribution in [0, 0.1) is 0 Å². The molecule has 0 unspecified atom stereocenters. The first-order valence-electron chi connectivity index (χ1n) is 1.82. The van der Waals surface area contributed by atoms with Crippen LogP contribution >= 0.6 is 0 Å². The molecule has 0 aliphatic rings. The lowest BCUT2D eigenvalue weighted by Gasteiger charge is -1.68. The molecular formula is H8NO10S2+. The van der Waals surface area contributed by atoms with Crippen molar-refractivity contribution >= 4 is 20.8 Å². The average molecular weight is 246 g/mol. The van der Waals surface area contributed by atoms with Gasteiger partial charge in [0.1, 0.15) is 0 Å². The minimum Gasteiger partial charge on any atom is -0.264 e. The largest absolute Gasteiger partial charge is 1.00 e. The van der Waals surface area contributed by atoms with Crippen molar-refractivity contribution in [2.75, 3.05) is 0 Å². The summed E-state index contributed by atoms with van der Waals surface area (Å²) < 4.78 is 63.2. The van der Waals surface area contributed by atoms with E-state index in [1.807, 2.05) is 0 Å². The maximum absolute atomic E-state index is 8.74. The van der Waals surface area contributed by atoms with Crippen LogP contribution in [-0.4, -0.2) is 40.3 Å². The Morgan fingerprint density at radius 3 is 0.923 bits per heavy atom. The van der Waals surface area contributed by atoms with Gasteiger partial charge in [-0.3, -0.25) is 18.2 Å². The molecule has 0 aromatic rings. The van der Waals surface area contributed by atoms with Crippen molar-refractivity contribution in [2.45, 2.75) is 0 Å². The van der Waals surface area contributed by atoms with Crippen molar-refractivity contribution in [3.8, 4) is 0 Å². The van der Waals surface area contributed by atoms with E-state index in [4.69, 9.17) is 40.3 Å². The second-order valence-electron chi connectivity index (χ2n) is 1.00. The van der Waals surface area contributed by atoms with Crippen LogP contribution in [-0.2, 0) is 25.8 Å². The van der Waals surface area contributed by atoms with Crippen LogP contribution in [0.15, 0.2) is 0 Å². The smallest absolute Gasteiger partial charge is 0.264 e. The van der Waals surface area contributed by atoms with Gasteiger partial charge in [0, 0.05) is 0 Å². The number of nitrogens with two attached hydrogens (primary N) is 1. The summed E-state index contributed by atoms with van der Waals surface area (Å²) in [6, 6.07) is 0. The molecule has 0 spiro atoms. The molecular weight excluding hydrogens is 238 g/mol. The van der Waals surface area contributed by atoms with E-state index in [1.165, 1.54) is 0 Å². The topological polar surface area (TPSA) is 205 Å². The second kappa shape index (κ2) is 8.23. The molecule has 0 saturated carbocycles. The highest BCUT2D eigenvalue weighted by atomic mass is 32.3. The summed E-state index contributed by atoms with van der Waals surface area (Å²) in [5.74, 6) is 3.90. The molecule has 0 saturated heterocycles. The van der Waals surface area contributed by atoms with Gasteiger partial charge >= 0.3 is 22.2 Å². The average Bonchev–Trinajstić information content (AvgIpc) is 1.52. The minimum atomic E-state index is -4.67. The highest BCUT2D eigenvalue weighted by molar-refractivity contribution is 7.80. The van der Waals surface area contributed by atoms with Crippen LogP contribution in [0.5, 0.6) is 0 Å². The molecule has 84 valence electrons. The lowest BCUT2D eigenvalue weighted by Crippen LogP contribution is -1.89. The Bertz CT molecular complexity index is 227. The molecule has 7 N–H and O–H groups in total. The van der Waals surface area contributed by atoms with E-state index in [-0.39, 0.29) is 1.43 Å². The van der Waals surface area contributed by atoms with E-state index in [0.717, 1.165) is 0 Å². The van der Waals surface area contributed by atoms with Crippen molar-refractivity contribution in [1.82, 2.24) is 0 Å². The van der Waals surface area contributed by atoms with Gasteiger partial charge in [-0.25, -0.2) is 5.26 Å². The van der Waals surface area contributed by atoms with E-state index in [9.17, 15) is 0 Å². The molecule has 13 heavy (non-hydrogen) atoms. The zero-order chi connectivity index (χ0) is 11.7. The summed E-state index contributed by atoms with van der Waals surface area (Å²) in [6.07, 6.45) is 0. The maximum Gasteiger partial charge on any atom is 1.00 e. The molecule has 0 radical (unpaired) electrons. The molecule has 0 fully saturated rings. The Kier molecular flexibility index (Phi) is 11.7. The highest BCUT2D eigenvalue weighted by Gasteiger charge is 1.85. The van der Waals surface area contributed by atoms with E-state index < -0.39 is 20.8 Å². The van der Waals surface area contributed by atoms with E-state index in [2.05, 4.69) is 10.9 Å². The van der Waals surface area contributed by atoms with E-state index in [0.29, 0.717) is 0 Å². The lowest BCUT2D eigenvalue weighted by atomic mass is 13.5. The molecule has 0 atom stereocenters. The quantitative estimate of drug-likeness (QED) is 0.159. The van der Waals surface area contributed by atoms with Gasteiger partial charge in [0.25, 0.3) is 0 Å². The van der Waals surface area contributed by atoms with Gasteiger partial charge in [0.15, 0.2) is 0 Å². The number of rotatable bonds is 0. The first-order valence-corrected chi connectivity index (χ1v) is 4.61. The molecule has 0 aliphatic carbocycles. The van der Waals surface area contributed by atoms with Gasteiger partial charge in [-0.15, -0.1) is 4.99 Å². The lowest BCUT2D eigenvalue weighted by molar-refractivity contribution is -0.247. The first-order chi connectivity index (χ1) is 5.41. The normalized spacial score (nSPS) is 10.3. The van der Waals surface area contributed by atoms with Crippen LogP contribution < -0.4 is 5.90 Å². The van der Waals surface area contributed by atoms with Crippen molar-refractivity contribution in [3.63, 3.8) is 0 Å². The summed E-state index contributed by atoms with van der Waals surface area (Å²) in [5, 5.41) is 6.85. The zero-order valence-electron chi connectivity index (χ0n) is 6.67. The fourth-order valence-electron chi connectivity index (χ4n) is 0. The third kappa shape index (κ3) is 7450. The second-order valence-corrected chi connectivity index (χ2v) is 2.79.